The maximum atomic E-state index is 13.0. The van der Waals surface area contributed by atoms with Gasteiger partial charge in [-0.1, -0.05) is 30.3 Å². The SMILES string of the molecule is CC(C(=O)O)N(Cc1ccccc1)C(=O)c1ccc(OC2CCOCC2)cc1. The molecule has 2 aromatic rings. The quantitative estimate of drug-likeness (QED) is 0.793. The lowest BCUT2D eigenvalue weighted by Gasteiger charge is -2.27. The van der Waals surface area contributed by atoms with Gasteiger partial charge in [0.1, 0.15) is 17.9 Å². The normalized spacial score (nSPS) is 15.6. The highest BCUT2D eigenvalue weighted by molar-refractivity contribution is 5.96. The van der Waals surface area contributed by atoms with E-state index in [2.05, 4.69) is 0 Å². The molecule has 1 fully saturated rings. The number of ether oxygens (including phenoxy) is 2. The fourth-order valence-corrected chi connectivity index (χ4v) is 3.13. The van der Waals surface area contributed by atoms with Crippen LogP contribution >= 0.6 is 0 Å². The summed E-state index contributed by atoms with van der Waals surface area (Å²) in [6, 6.07) is 15.3. The molecule has 1 aliphatic rings. The summed E-state index contributed by atoms with van der Waals surface area (Å²) in [6.45, 7) is 3.14. The van der Waals surface area contributed by atoms with E-state index in [9.17, 15) is 14.7 Å². The molecule has 3 rings (SSSR count). The second-order valence-corrected chi connectivity index (χ2v) is 6.89. The highest BCUT2D eigenvalue weighted by atomic mass is 16.5. The van der Waals surface area contributed by atoms with Crippen molar-refractivity contribution in [1.82, 2.24) is 4.90 Å². The van der Waals surface area contributed by atoms with E-state index in [4.69, 9.17) is 9.47 Å². The molecule has 0 bridgehead atoms. The van der Waals surface area contributed by atoms with Crippen LogP contribution in [0.5, 0.6) is 5.75 Å². The van der Waals surface area contributed by atoms with E-state index in [1.165, 1.54) is 11.8 Å². The first-order valence-corrected chi connectivity index (χ1v) is 9.47. The summed E-state index contributed by atoms with van der Waals surface area (Å²) in [7, 11) is 0. The lowest BCUT2D eigenvalue weighted by atomic mass is 10.1. The number of rotatable bonds is 7. The third kappa shape index (κ3) is 5.10. The molecule has 148 valence electrons. The van der Waals surface area contributed by atoms with Gasteiger partial charge in [-0.25, -0.2) is 4.79 Å². The van der Waals surface area contributed by atoms with Crippen molar-refractivity contribution in [2.24, 2.45) is 0 Å². The van der Waals surface area contributed by atoms with Gasteiger partial charge in [0.25, 0.3) is 5.91 Å². The van der Waals surface area contributed by atoms with Crippen LogP contribution < -0.4 is 4.74 Å². The number of carboxylic acid groups (broad SMARTS) is 1. The van der Waals surface area contributed by atoms with Crippen molar-refractivity contribution in [2.75, 3.05) is 13.2 Å². The van der Waals surface area contributed by atoms with Gasteiger partial charge in [0, 0.05) is 24.9 Å². The highest BCUT2D eigenvalue weighted by Gasteiger charge is 2.26. The average Bonchev–Trinajstić information content (AvgIpc) is 2.73. The number of aliphatic carboxylic acids is 1. The molecule has 0 spiro atoms. The Hall–Kier alpha value is -2.86. The number of carboxylic acids is 1. The summed E-state index contributed by atoms with van der Waals surface area (Å²) in [6.07, 6.45) is 1.82. The molecule has 1 aliphatic heterocycles. The Morgan fingerprint density at radius 2 is 1.75 bits per heavy atom. The highest BCUT2D eigenvalue weighted by Crippen LogP contribution is 2.20. The van der Waals surface area contributed by atoms with E-state index in [-0.39, 0.29) is 18.6 Å². The van der Waals surface area contributed by atoms with E-state index in [0.29, 0.717) is 24.5 Å². The molecule has 0 radical (unpaired) electrons. The van der Waals surface area contributed by atoms with Gasteiger partial charge in [-0.15, -0.1) is 0 Å². The van der Waals surface area contributed by atoms with E-state index in [1.807, 2.05) is 30.3 Å². The summed E-state index contributed by atoms with van der Waals surface area (Å²) in [5.74, 6) is -0.663. The van der Waals surface area contributed by atoms with Crippen molar-refractivity contribution >= 4 is 11.9 Å². The lowest BCUT2D eigenvalue weighted by molar-refractivity contribution is -0.141. The second kappa shape index (κ2) is 9.37. The standard InChI is InChI=1S/C22H25NO5/c1-16(22(25)26)23(15-17-5-3-2-4-6-17)21(24)18-7-9-19(10-8-18)28-20-11-13-27-14-12-20/h2-10,16,20H,11-15H2,1H3,(H,25,26). The molecule has 28 heavy (non-hydrogen) atoms. The molecular weight excluding hydrogens is 358 g/mol. The van der Waals surface area contributed by atoms with Crippen LogP contribution in [0.1, 0.15) is 35.7 Å². The molecule has 6 nitrogen and oxygen atoms in total. The van der Waals surface area contributed by atoms with Crippen molar-refractivity contribution in [1.29, 1.82) is 0 Å². The van der Waals surface area contributed by atoms with E-state index in [0.717, 1.165) is 18.4 Å². The van der Waals surface area contributed by atoms with Crippen LogP contribution in [0.15, 0.2) is 54.6 Å². The van der Waals surface area contributed by atoms with Gasteiger partial charge in [-0.2, -0.15) is 0 Å². The van der Waals surface area contributed by atoms with Crippen LogP contribution in [0.3, 0.4) is 0 Å². The number of carbonyl (C=O) groups excluding carboxylic acids is 1. The lowest BCUT2D eigenvalue weighted by Crippen LogP contribution is -2.42. The minimum atomic E-state index is -1.04. The number of amides is 1. The molecule has 0 aromatic heterocycles. The van der Waals surface area contributed by atoms with Gasteiger partial charge in [-0.05, 0) is 36.8 Å². The van der Waals surface area contributed by atoms with Gasteiger partial charge in [0.05, 0.1) is 13.2 Å². The summed E-state index contributed by atoms with van der Waals surface area (Å²) in [5.41, 5.74) is 1.31. The molecule has 1 atom stereocenters. The van der Waals surface area contributed by atoms with Crippen LogP contribution in [0.4, 0.5) is 0 Å². The molecule has 2 aromatic carbocycles. The van der Waals surface area contributed by atoms with E-state index in [1.54, 1.807) is 24.3 Å². The number of hydrogen-bond donors (Lipinski definition) is 1. The minimum Gasteiger partial charge on any atom is -0.490 e. The molecular formula is C22H25NO5. The zero-order valence-corrected chi connectivity index (χ0v) is 15.9. The third-order valence-corrected chi connectivity index (χ3v) is 4.85. The summed E-state index contributed by atoms with van der Waals surface area (Å²) in [5, 5.41) is 9.43. The monoisotopic (exact) mass is 383 g/mol. The molecule has 0 aliphatic carbocycles. The second-order valence-electron chi connectivity index (χ2n) is 6.89. The Bertz CT molecular complexity index is 784. The Morgan fingerprint density at radius 3 is 2.36 bits per heavy atom. The van der Waals surface area contributed by atoms with E-state index >= 15 is 0 Å². The first-order chi connectivity index (χ1) is 13.5. The number of hydrogen-bond acceptors (Lipinski definition) is 4. The molecule has 1 N–H and O–H groups in total. The van der Waals surface area contributed by atoms with Crippen molar-refractivity contribution in [2.45, 2.75) is 38.5 Å². The summed E-state index contributed by atoms with van der Waals surface area (Å²) >= 11 is 0. The van der Waals surface area contributed by atoms with Gasteiger partial charge < -0.3 is 19.5 Å². The average molecular weight is 383 g/mol. The Morgan fingerprint density at radius 1 is 1.11 bits per heavy atom. The maximum absolute atomic E-state index is 13.0. The number of nitrogens with zero attached hydrogens (tertiary/aromatic N) is 1. The van der Waals surface area contributed by atoms with Gasteiger partial charge in [0.15, 0.2) is 0 Å². The molecule has 1 amide bonds. The Labute approximate surface area is 164 Å². The molecule has 1 unspecified atom stereocenters. The van der Waals surface area contributed by atoms with Crippen LogP contribution in [-0.4, -0.2) is 47.2 Å². The Kier molecular flexibility index (Phi) is 6.66. The Balaban J connectivity index is 1.73. The number of benzene rings is 2. The summed E-state index contributed by atoms with van der Waals surface area (Å²) in [4.78, 5) is 25.9. The van der Waals surface area contributed by atoms with E-state index < -0.39 is 12.0 Å². The van der Waals surface area contributed by atoms with Gasteiger partial charge in [0.2, 0.25) is 0 Å². The minimum absolute atomic E-state index is 0.122. The van der Waals surface area contributed by atoms with Crippen LogP contribution in [-0.2, 0) is 16.1 Å². The van der Waals surface area contributed by atoms with Crippen LogP contribution in [0, 0.1) is 0 Å². The zero-order valence-electron chi connectivity index (χ0n) is 15.9. The van der Waals surface area contributed by atoms with Gasteiger partial charge in [-0.3, -0.25) is 4.79 Å². The molecule has 6 heteroatoms. The fourth-order valence-electron chi connectivity index (χ4n) is 3.13. The predicted molar refractivity (Wildman–Crippen MR) is 104 cm³/mol. The maximum Gasteiger partial charge on any atom is 0.326 e. The topological polar surface area (TPSA) is 76.1 Å². The fraction of sp³-hybridized carbons (Fsp3) is 0.364. The molecule has 1 saturated heterocycles. The van der Waals surface area contributed by atoms with Crippen molar-refractivity contribution in [3.63, 3.8) is 0 Å². The van der Waals surface area contributed by atoms with Crippen LogP contribution in [0.25, 0.3) is 0 Å². The molecule has 0 saturated carbocycles. The van der Waals surface area contributed by atoms with Gasteiger partial charge >= 0.3 is 5.97 Å². The van der Waals surface area contributed by atoms with Crippen molar-refractivity contribution in [3.05, 3.63) is 65.7 Å². The molecule has 1 heterocycles. The predicted octanol–water partition coefficient (Wildman–Crippen LogP) is 3.36. The van der Waals surface area contributed by atoms with Crippen LogP contribution in [0.2, 0.25) is 0 Å². The summed E-state index contributed by atoms with van der Waals surface area (Å²) < 4.78 is 11.3. The third-order valence-electron chi connectivity index (χ3n) is 4.85. The smallest absolute Gasteiger partial charge is 0.326 e. The van der Waals surface area contributed by atoms with Crippen molar-refractivity contribution < 1.29 is 24.2 Å². The zero-order chi connectivity index (χ0) is 19.9. The largest absolute Gasteiger partial charge is 0.490 e. The first kappa shape index (κ1) is 19.9. The first-order valence-electron chi connectivity index (χ1n) is 9.47. The number of carbonyl (C=O) groups is 2. The van der Waals surface area contributed by atoms with Crippen molar-refractivity contribution in [3.8, 4) is 5.75 Å².